The van der Waals surface area contributed by atoms with Crippen LogP contribution in [0.1, 0.15) is 5.76 Å². The molecule has 84 valence electrons. The molecule has 0 aliphatic heterocycles. The SMILES string of the molecule is Cc1cc(NC(=O)OCC(F)(F)F)no1. The van der Waals surface area contributed by atoms with Crippen LogP contribution in [0.15, 0.2) is 10.6 Å². The van der Waals surface area contributed by atoms with E-state index in [0.717, 1.165) is 0 Å². The van der Waals surface area contributed by atoms with E-state index in [1.165, 1.54) is 6.07 Å². The van der Waals surface area contributed by atoms with Crippen LogP contribution in [0.5, 0.6) is 0 Å². The predicted octanol–water partition coefficient (Wildman–Crippen LogP) is 2.09. The van der Waals surface area contributed by atoms with E-state index in [0.29, 0.717) is 5.76 Å². The van der Waals surface area contributed by atoms with Crippen LogP contribution in [0.2, 0.25) is 0 Å². The minimum absolute atomic E-state index is 0.000301. The number of amides is 1. The highest BCUT2D eigenvalue weighted by Crippen LogP contribution is 2.15. The molecule has 1 N–H and O–H groups in total. The maximum Gasteiger partial charge on any atom is 0.422 e. The number of carbonyl (C=O) groups excluding carboxylic acids is 1. The Kier molecular flexibility index (Phi) is 3.17. The van der Waals surface area contributed by atoms with E-state index in [9.17, 15) is 18.0 Å². The average molecular weight is 224 g/mol. The van der Waals surface area contributed by atoms with Gasteiger partial charge >= 0.3 is 12.3 Å². The molecule has 0 unspecified atom stereocenters. The highest BCUT2D eigenvalue weighted by Gasteiger charge is 2.29. The summed E-state index contributed by atoms with van der Waals surface area (Å²) in [6.07, 6.45) is -5.78. The van der Waals surface area contributed by atoms with Crippen LogP contribution in [0.4, 0.5) is 23.8 Å². The van der Waals surface area contributed by atoms with Crippen LogP contribution >= 0.6 is 0 Å². The fraction of sp³-hybridized carbons (Fsp3) is 0.429. The molecule has 0 aliphatic rings. The van der Waals surface area contributed by atoms with E-state index >= 15 is 0 Å². The summed E-state index contributed by atoms with van der Waals surface area (Å²) in [5.41, 5.74) is 0. The van der Waals surface area contributed by atoms with Gasteiger partial charge in [0.2, 0.25) is 0 Å². The Morgan fingerprint density at radius 2 is 2.33 bits per heavy atom. The Bertz CT molecular complexity index is 347. The summed E-state index contributed by atoms with van der Waals surface area (Å²) in [4.78, 5) is 10.8. The van der Waals surface area contributed by atoms with Gasteiger partial charge in [-0.15, -0.1) is 0 Å². The Balaban J connectivity index is 2.37. The quantitative estimate of drug-likeness (QED) is 0.835. The molecular weight excluding hydrogens is 217 g/mol. The smallest absolute Gasteiger partial charge is 0.422 e. The number of aryl methyl sites for hydroxylation is 1. The van der Waals surface area contributed by atoms with E-state index < -0.39 is 18.9 Å². The lowest BCUT2D eigenvalue weighted by molar-refractivity contribution is -0.159. The molecule has 0 saturated heterocycles. The minimum atomic E-state index is -4.54. The molecule has 0 bridgehead atoms. The monoisotopic (exact) mass is 224 g/mol. The zero-order chi connectivity index (χ0) is 11.5. The first-order chi connectivity index (χ1) is 6.87. The molecular formula is C7H7F3N2O3. The molecule has 1 aromatic rings. The Hall–Kier alpha value is -1.73. The van der Waals surface area contributed by atoms with Crippen LogP contribution in [-0.4, -0.2) is 24.0 Å². The van der Waals surface area contributed by atoms with Gasteiger partial charge < -0.3 is 9.26 Å². The second kappa shape index (κ2) is 4.20. The van der Waals surface area contributed by atoms with Crippen molar-refractivity contribution in [2.75, 3.05) is 11.9 Å². The third kappa shape index (κ3) is 4.34. The van der Waals surface area contributed by atoms with Crippen LogP contribution in [-0.2, 0) is 4.74 Å². The van der Waals surface area contributed by atoms with Gasteiger partial charge in [-0.05, 0) is 6.92 Å². The normalized spacial score (nSPS) is 11.2. The Morgan fingerprint density at radius 3 is 2.80 bits per heavy atom. The zero-order valence-electron chi connectivity index (χ0n) is 7.59. The van der Waals surface area contributed by atoms with Crippen molar-refractivity contribution in [1.29, 1.82) is 0 Å². The van der Waals surface area contributed by atoms with Crippen molar-refractivity contribution < 1.29 is 27.2 Å². The van der Waals surface area contributed by atoms with Gasteiger partial charge in [0.1, 0.15) is 5.76 Å². The van der Waals surface area contributed by atoms with E-state index in [1.807, 2.05) is 5.32 Å². The summed E-state index contributed by atoms with van der Waals surface area (Å²) in [5, 5.41) is 5.30. The van der Waals surface area contributed by atoms with Crippen molar-refractivity contribution in [1.82, 2.24) is 5.16 Å². The van der Waals surface area contributed by atoms with Crippen molar-refractivity contribution in [3.63, 3.8) is 0 Å². The molecule has 1 amide bonds. The number of halogens is 3. The predicted molar refractivity (Wildman–Crippen MR) is 42.3 cm³/mol. The third-order valence-corrected chi connectivity index (χ3v) is 1.23. The fourth-order valence-electron chi connectivity index (χ4n) is 0.713. The number of rotatable bonds is 2. The van der Waals surface area contributed by atoms with Crippen molar-refractivity contribution in [3.05, 3.63) is 11.8 Å². The molecule has 5 nitrogen and oxygen atoms in total. The summed E-state index contributed by atoms with van der Waals surface area (Å²) in [5.74, 6) is 0.417. The standard InChI is InChI=1S/C7H7F3N2O3/c1-4-2-5(12-15-4)11-6(13)14-3-7(8,9)10/h2H,3H2,1H3,(H,11,12,13). The van der Waals surface area contributed by atoms with E-state index in [-0.39, 0.29) is 5.82 Å². The Morgan fingerprint density at radius 1 is 1.67 bits per heavy atom. The number of aromatic nitrogens is 1. The number of anilines is 1. The van der Waals surface area contributed by atoms with E-state index in [2.05, 4.69) is 14.4 Å². The first-order valence-corrected chi connectivity index (χ1v) is 3.81. The molecule has 0 aromatic carbocycles. The van der Waals surface area contributed by atoms with Gasteiger partial charge in [-0.1, -0.05) is 5.16 Å². The van der Waals surface area contributed by atoms with Gasteiger partial charge in [0.25, 0.3) is 0 Å². The molecule has 0 atom stereocenters. The average Bonchev–Trinajstić information content (AvgIpc) is 2.47. The molecule has 0 spiro atoms. The highest BCUT2D eigenvalue weighted by atomic mass is 19.4. The van der Waals surface area contributed by atoms with E-state index in [1.54, 1.807) is 6.92 Å². The van der Waals surface area contributed by atoms with Crippen molar-refractivity contribution in [3.8, 4) is 0 Å². The summed E-state index contributed by atoms with van der Waals surface area (Å²) in [6, 6.07) is 1.34. The second-order valence-electron chi connectivity index (χ2n) is 2.64. The number of alkyl halides is 3. The highest BCUT2D eigenvalue weighted by molar-refractivity contribution is 5.83. The summed E-state index contributed by atoms with van der Waals surface area (Å²) in [6.45, 7) is -0.0745. The lowest BCUT2D eigenvalue weighted by Gasteiger charge is -2.06. The number of hydrogen-bond donors (Lipinski definition) is 1. The second-order valence-corrected chi connectivity index (χ2v) is 2.64. The van der Waals surface area contributed by atoms with Gasteiger partial charge in [-0.25, -0.2) is 4.79 Å². The summed E-state index contributed by atoms with van der Waals surface area (Å²) < 4.78 is 43.3. The van der Waals surface area contributed by atoms with E-state index in [4.69, 9.17) is 0 Å². The molecule has 8 heteroatoms. The van der Waals surface area contributed by atoms with Crippen LogP contribution in [0, 0.1) is 6.92 Å². The number of nitrogens with zero attached hydrogens (tertiary/aromatic N) is 1. The lowest BCUT2D eigenvalue weighted by Crippen LogP contribution is -2.23. The summed E-state index contributed by atoms with van der Waals surface area (Å²) in [7, 11) is 0. The van der Waals surface area contributed by atoms with Crippen molar-refractivity contribution in [2.24, 2.45) is 0 Å². The first kappa shape index (κ1) is 11.3. The topological polar surface area (TPSA) is 64.4 Å². The maximum absolute atomic E-state index is 11.6. The number of ether oxygens (including phenoxy) is 1. The fourth-order valence-corrected chi connectivity index (χ4v) is 0.713. The van der Waals surface area contributed by atoms with Gasteiger partial charge in [-0.3, -0.25) is 5.32 Å². The molecule has 0 fully saturated rings. The molecule has 0 saturated carbocycles. The maximum atomic E-state index is 11.6. The molecule has 15 heavy (non-hydrogen) atoms. The van der Waals surface area contributed by atoms with Gasteiger partial charge in [0.15, 0.2) is 12.4 Å². The third-order valence-electron chi connectivity index (χ3n) is 1.23. The molecule has 0 radical (unpaired) electrons. The van der Waals surface area contributed by atoms with Gasteiger partial charge in [-0.2, -0.15) is 13.2 Å². The molecule has 0 aliphatic carbocycles. The molecule has 1 heterocycles. The number of nitrogens with one attached hydrogen (secondary N) is 1. The van der Waals surface area contributed by atoms with Crippen LogP contribution < -0.4 is 5.32 Å². The zero-order valence-corrected chi connectivity index (χ0v) is 7.59. The molecule has 1 rings (SSSR count). The van der Waals surface area contributed by atoms with Crippen LogP contribution in [0.25, 0.3) is 0 Å². The summed E-state index contributed by atoms with van der Waals surface area (Å²) >= 11 is 0. The first-order valence-electron chi connectivity index (χ1n) is 3.81. The molecule has 1 aromatic heterocycles. The number of hydrogen-bond acceptors (Lipinski definition) is 4. The van der Waals surface area contributed by atoms with Crippen molar-refractivity contribution >= 4 is 11.9 Å². The largest absolute Gasteiger partial charge is 0.440 e. The van der Waals surface area contributed by atoms with Gasteiger partial charge in [0.05, 0.1) is 0 Å². The van der Waals surface area contributed by atoms with Gasteiger partial charge in [0, 0.05) is 6.07 Å². The van der Waals surface area contributed by atoms with Crippen molar-refractivity contribution in [2.45, 2.75) is 13.1 Å². The lowest BCUT2D eigenvalue weighted by atomic mass is 10.5. The minimum Gasteiger partial charge on any atom is -0.440 e. The Labute approximate surface area is 82.2 Å². The number of carbonyl (C=O) groups is 1. The van der Waals surface area contributed by atoms with Crippen LogP contribution in [0.3, 0.4) is 0 Å².